The molecule has 0 fully saturated rings. The van der Waals surface area contributed by atoms with E-state index in [0.29, 0.717) is 0 Å². The third-order valence-electron chi connectivity index (χ3n) is 2.58. The molecule has 2 rings (SSSR count). The van der Waals surface area contributed by atoms with Gasteiger partial charge in [-0.25, -0.2) is 0 Å². The Labute approximate surface area is 111 Å². The molecule has 1 aromatic heterocycles. The fourth-order valence-corrected chi connectivity index (χ4v) is 2.92. The fraction of sp³-hybridized carbons (Fsp3) is 0.286. The van der Waals surface area contributed by atoms with Crippen LogP contribution in [0.15, 0.2) is 41.3 Å². The summed E-state index contributed by atoms with van der Waals surface area (Å²) in [6, 6.07) is 13.1. The second-order valence-corrected chi connectivity index (χ2v) is 6.22. The molecule has 0 unspecified atom stereocenters. The molecule has 0 saturated heterocycles. The topological polar surface area (TPSA) is 12.0 Å². The van der Waals surface area contributed by atoms with E-state index in [1.165, 1.54) is 20.2 Å². The summed E-state index contributed by atoms with van der Waals surface area (Å²) in [7, 11) is 0. The van der Waals surface area contributed by atoms with E-state index in [9.17, 15) is 0 Å². The van der Waals surface area contributed by atoms with E-state index in [4.69, 9.17) is 0 Å². The summed E-state index contributed by atoms with van der Waals surface area (Å²) in [5.41, 5.74) is 1.34. The maximum atomic E-state index is 3.47. The van der Waals surface area contributed by atoms with Gasteiger partial charge in [0.25, 0.3) is 0 Å². The van der Waals surface area contributed by atoms with Gasteiger partial charge < -0.3 is 5.32 Å². The summed E-state index contributed by atoms with van der Waals surface area (Å²) in [6.45, 7) is 4.05. The molecule has 0 atom stereocenters. The molecule has 2 aromatic rings. The summed E-state index contributed by atoms with van der Waals surface area (Å²) >= 11 is 3.65. The van der Waals surface area contributed by atoms with Crippen molar-refractivity contribution in [3.8, 4) is 0 Å². The van der Waals surface area contributed by atoms with Crippen LogP contribution in [0.4, 0.5) is 0 Å². The van der Waals surface area contributed by atoms with Gasteiger partial charge in [-0.2, -0.15) is 0 Å². The van der Waals surface area contributed by atoms with Gasteiger partial charge in [-0.1, -0.05) is 12.1 Å². The van der Waals surface area contributed by atoms with Gasteiger partial charge in [0.2, 0.25) is 0 Å². The fourth-order valence-electron chi connectivity index (χ4n) is 1.65. The van der Waals surface area contributed by atoms with E-state index >= 15 is 0 Å². The van der Waals surface area contributed by atoms with Crippen molar-refractivity contribution in [3.05, 3.63) is 51.7 Å². The molecule has 1 aromatic carbocycles. The minimum atomic E-state index is 0.936. The molecule has 0 saturated carbocycles. The highest BCUT2D eigenvalue weighted by molar-refractivity contribution is 7.98. The highest BCUT2D eigenvalue weighted by Gasteiger charge is 1.97. The first-order valence-electron chi connectivity index (χ1n) is 5.67. The zero-order valence-corrected chi connectivity index (χ0v) is 11.8. The van der Waals surface area contributed by atoms with Gasteiger partial charge in [-0.05, 0) is 43.0 Å². The molecule has 0 radical (unpaired) electrons. The highest BCUT2D eigenvalue weighted by atomic mass is 32.2. The predicted molar refractivity (Wildman–Crippen MR) is 77.8 cm³/mol. The molecule has 3 heteroatoms. The number of benzene rings is 1. The number of rotatable bonds is 5. The Balaban J connectivity index is 1.81. The molecule has 0 aliphatic rings. The van der Waals surface area contributed by atoms with Crippen molar-refractivity contribution in [1.29, 1.82) is 0 Å². The van der Waals surface area contributed by atoms with Crippen LogP contribution in [0.2, 0.25) is 0 Å². The average Bonchev–Trinajstić information content (AvgIpc) is 2.76. The van der Waals surface area contributed by atoms with E-state index in [2.05, 4.69) is 54.9 Å². The zero-order chi connectivity index (χ0) is 12.1. The van der Waals surface area contributed by atoms with Crippen molar-refractivity contribution in [2.75, 3.05) is 6.26 Å². The lowest BCUT2D eigenvalue weighted by molar-refractivity contribution is 0.700. The molecule has 17 heavy (non-hydrogen) atoms. The maximum absolute atomic E-state index is 3.47. The molecule has 1 nitrogen and oxygen atoms in total. The van der Waals surface area contributed by atoms with Gasteiger partial charge in [0.1, 0.15) is 0 Å². The van der Waals surface area contributed by atoms with Crippen molar-refractivity contribution in [2.24, 2.45) is 0 Å². The highest BCUT2D eigenvalue weighted by Crippen LogP contribution is 2.16. The minimum absolute atomic E-state index is 0.936. The van der Waals surface area contributed by atoms with Gasteiger partial charge in [0.05, 0.1) is 0 Å². The number of thiophene rings is 1. The van der Waals surface area contributed by atoms with Gasteiger partial charge in [-0.15, -0.1) is 23.1 Å². The second-order valence-electron chi connectivity index (χ2n) is 3.96. The Kier molecular flexibility index (Phi) is 4.66. The van der Waals surface area contributed by atoms with Crippen LogP contribution < -0.4 is 5.32 Å². The minimum Gasteiger partial charge on any atom is -0.308 e. The summed E-state index contributed by atoms with van der Waals surface area (Å²) in [5.74, 6) is 0. The third-order valence-corrected chi connectivity index (χ3v) is 4.33. The molecule has 0 aliphatic heterocycles. The molecule has 1 N–H and O–H groups in total. The number of aryl methyl sites for hydroxylation is 1. The smallest absolute Gasteiger partial charge is 0.0303 e. The van der Waals surface area contributed by atoms with Crippen molar-refractivity contribution in [3.63, 3.8) is 0 Å². The lowest BCUT2D eigenvalue weighted by Crippen LogP contribution is -2.11. The quantitative estimate of drug-likeness (QED) is 0.816. The SMILES string of the molecule is CSc1ccc(CNCc2ccc(C)s2)cc1. The Morgan fingerprint density at radius 2 is 1.82 bits per heavy atom. The van der Waals surface area contributed by atoms with Crippen molar-refractivity contribution < 1.29 is 0 Å². The van der Waals surface area contributed by atoms with E-state index in [0.717, 1.165) is 13.1 Å². The zero-order valence-electron chi connectivity index (χ0n) is 10.2. The van der Waals surface area contributed by atoms with Crippen LogP contribution in [0.1, 0.15) is 15.3 Å². The monoisotopic (exact) mass is 263 g/mol. The molecular formula is C14H17NS2. The van der Waals surface area contributed by atoms with Crippen LogP contribution >= 0.6 is 23.1 Å². The van der Waals surface area contributed by atoms with Crippen molar-refractivity contribution in [2.45, 2.75) is 24.9 Å². The lowest BCUT2D eigenvalue weighted by atomic mass is 10.2. The lowest BCUT2D eigenvalue weighted by Gasteiger charge is -2.04. The average molecular weight is 263 g/mol. The second kappa shape index (κ2) is 6.24. The molecule has 0 amide bonds. The third kappa shape index (κ3) is 3.87. The Bertz CT molecular complexity index is 459. The Hall–Kier alpha value is -0.770. The van der Waals surface area contributed by atoms with E-state index in [1.807, 2.05) is 11.3 Å². The number of nitrogens with one attached hydrogen (secondary N) is 1. The summed E-state index contributed by atoms with van der Waals surface area (Å²) < 4.78 is 0. The van der Waals surface area contributed by atoms with E-state index in [1.54, 1.807) is 11.8 Å². The molecule has 0 spiro atoms. The largest absolute Gasteiger partial charge is 0.308 e. The van der Waals surface area contributed by atoms with Crippen LogP contribution in [0.3, 0.4) is 0 Å². The van der Waals surface area contributed by atoms with Crippen molar-refractivity contribution >= 4 is 23.1 Å². The Morgan fingerprint density at radius 1 is 1.06 bits per heavy atom. The summed E-state index contributed by atoms with van der Waals surface area (Å²) in [5, 5.41) is 3.47. The van der Waals surface area contributed by atoms with Gasteiger partial charge in [-0.3, -0.25) is 0 Å². The molecule has 90 valence electrons. The molecule has 0 bridgehead atoms. The van der Waals surface area contributed by atoms with Crippen LogP contribution in [0, 0.1) is 6.92 Å². The van der Waals surface area contributed by atoms with Crippen molar-refractivity contribution in [1.82, 2.24) is 5.32 Å². The van der Waals surface area contributed by atoms with Crippen LogP contribution in [0.5, 0.6) is 0 Å². The first-order valence-corrected chi connectivity index (χ1v) is 7.71. The first-order chi connectivity index (χ1) is 8.28. The molecule has 1 heterocycles. The summed E-state index contributed by atoms with van der Waals surface area (Å²) in [6.07, 6.45) is 2.10. The van der Waals surface area contributed by atoms with E-state index in [-0.39, 0.29) is 0 Å². The number of hydrogen-bond acceptors (Lipinski definition) is 3. The predicted octanol–water partition coefficient (Wildman–Crippen LogP) is 4.07. The first kappa shape index (κ1) is 12.7. The standard InChI is InChI=1S/C14H17NS2/c1-11-3-6-14(17-11)10-15-9-12-4-7-13(16-2)8-5-12/h3-8,15H,9-10H2,1-2H3. The van der Waals surface area contributed by atoms with E-state index < -0.39 is 0 Å². The van der Waals surface area contributed by atoms with Gasteiger partial charge >= 0.3 is 0 Å². The molecule has 0 aliphatic carbocycles. The summed E-state index contributed by atoms with van der Waals surface area (Å²) in [4.78, 5) is 4.11. The number of hydrogen-bond donors (Lipinski definition) is 1. The maximum Gasteiger partial charge on any atom is 0.0303 e. The van der Waals surface area contributed by atoms with Gasteiger partial charge in [0.15, 0.2) is 0 Å². The van der Waals surface area contributed by atoms with Crippen LogP contribution in [0.25, 0.3) is 0 Å². The van der Waals surface area contributed by atoms with Crippen LogP contribution in [-0.4, -0.2) is 6.26 Å². The molecular weight excluding hydrogens is 246 g/mol. The van der Waals surface area contributed by atoms with Crippen LogP contribution in [-0.2, 0) is 13.1 Å². The van der Waals surface area contributed by atoms with Gasteiger partial charge in [0, 0.05) is 27.7 Å². The Morgan fingerprint density at radius 3 is 2.41 bits per heavy atom. The number of thioether (sulfide) groups is 1. The normalized spacial score (nSPS) is 10.7.